The highest BCUT2D eigenvalue weighted by Crippen LogP contribution is 2.43. The van der Waals surface area contributed by atoms with E-state index in [-0.39, 0.29) is 17.9 Å². The lowest BCUT2D eigenvalue weighted by atomic mass is 9.64. The number of hydrogen-bond donors (Lipinski definition) is 4. The van der Waals surface area contributed by atoms with Crippen molar-refractivity contribution in [3.8, 4) is 11.8 Å². The summed E-state index contributed by atoms with van der Waals surface area (Å²) in [6.45, 7) is 6.72. The molecule has 9 nitrogen and oxygen atoms in total. The number of aromatic hydroxyl groups is 1. The van der Waals surface area contributed by atoms with E-state index in [1.165, 1.54) is 12.6 Å². The van der Waals surface area contributed by atoms with Crippen molar-refractivity contribution >= 4 is 17.9 Å². The Morgan fingerprint density at radius 2 is 1.92 bits per heavy atom. The summed E-state index contributed by atoms with van der Waals surface area (Å²) < 4.78 is 5.50. The van der Waals surface area contributed by atoms with Gasteiger partial charge in [-0.3, -0.25) is 0 Å². The zero-order chi connectivity index (χ0) is 25.7. The lowest BCUT2D eigenvalue weighted by Gasteiger charge is -2.46. The molecule has 0 spiro atoms. The number of para-hydroxylation sites is 1. The fraction of sp³-hybridized carbons (Fsp3) is 0.556. The second-order valence-electron chi connectivity index (χ2n) is 10.9. The Morgan fingerprint density at radius 1 is 1.19 bits per heavy atom. The van der Waals surface area contributed by atoms with Crippen molar-refractivity contribution in [3.05, 3.63) is 41.6 Å². The van der Waals surface area contributed by atoms with Crippen LogP contribution in [-0.2, 0) is 11.3 Å². The van der Waals surface area contributed by atoms with Crippen molar-refractivity contribution < 1.29 is 14.6 Å². The first kappa shape index (κ1) is 25.5. The summed E-state index contributed by atoms with van der Waals surface area (Å²) in [5.74, 6) is 2.38. The molecule has 2 saturated carbocycles. The van der Waals surface area contributed by atoms with Crippen molar-refractivity contribution in [2.75, 3.05) is 17.2 Å². The number of benzene rings is 1. The minimum Gasteiger partial charge on any atom is -0.508 e. The summed E-state index contributed by atoms with van der Waals surface area (Å²) in [5.41, 5.74) is 0.623. The summed E-state index contributed by atoms with van der Waals surface area (Å²) in [6, 6.07) is 9.41. The van der Waals surface area contributed by atoms with Crippen LogP contribution in [0.1, 0.15) is 64.0 Å². The minimum atomic E-state index is -0.508. The van der Waals surface area contributed by atoms with Crippen LogP contribution in [0.3, 0.4) is 0 Å². The van der Waals surface area contributed by atoms with E-state index in [1.54, 1.807) is 12.1 Å². The number of phenols is 1. The number of amides is 1. The number of aromatic nitrogens is 2. The number of ether oxygens (including phenoxy) is 1. The van der Waals surface area contributed by atoms with Crippen molar-refractivity contribution in [1.82, 2.24) is 15.3 Å². The molecule has 1 amide bonds. The molecule has 2 aromatic rings. The topological polar surface area (TPSA) is 132 Å². The van der Waals surface area contributed by atoms with E-state index in [1.807, 2.05) is 32.9 Å². The van der Waals surface area contributed by atoms with Crippen LogP contribution in [0.15, 0.2) is 30.5 Å². The number of alkyl carbamates (subject to hydrolysis) is 1. The number of anilines is 2. The van der Waals surface area contributed by atoms with Crippen LogP contribution in [-0.4, -0.2) is 39.4 Å². The third kappa shape index (κ3) is 6.56. The van der Waals surface area contributed by atoms with E-state index >= 15 is 0 Å². The number of fused-ring (bicyclic) bond motifs is 2. The van der Waals surface area contributed by atoms with Gasteiger partial charge < -0.3 is 25.8 Å². The molecule has 9 heteroatoms. The summed E-state index contributed by atoms with van der Waals surface area (Å²) in [4.78, 5) is 21.2. The van der Waals surface area contributed by atoms with Crippen LogP contribution in [0, 0.1) is 29.1 Å². The molecule has 1 aromatic carbocycles. The molecule has 4 atom stereocenters. The highest BCUT2D eigenvalue weighted by atomic mass is 16.6. The van der Waals surface area contributed by atoms with E-state index in [9.17, 15) is 15.2 Å². The monoisotopic (exact) mass is 492 g/mol. The normalized spacial score (nSPS) is 23.3. The van der Waals surface area contributed by atoms with Gasteiger partial charge in [-0.1, -0.05) is 24.6 Å². The largest absolute Gasteiger partial charge is 0.508 e. The molecule has 2 fully saturated rings. The quantitative estimate of drug-likeness (QED) is 0.433. The van der Waals surface area contributed by atoms with Crippen LogP contribution >= 0.6 is 0 Å². The third-order valence-electron chi connectivity index (χ3n) is 7.02. The fourth-order valence-electron chi connectivity index (χ4n) is 5.47. The molecule has 0 radical (unpaired) electrons. The smallest absolute Gasteiger partial charge is 0.407 e. The van der Waals surface area contributed by atoms with Crippen molar-refractivity contribution in [3.63, 3.8) is 0 Å². The summed E-state index contributed by atoms with van der Waals surface area (Å²) in [6.07, 6.45) is 6.60. The minimum absolute atomic E-state index is 0.156. The Hall–Kier alpha value is -3.54. The maximum atomic E-state index is 12.4. The first-order valence-corrected chi connectivity index (χ1v) is 12.7. The first-order chi connectivity index (χ1) is 17.2. The second kappa shape index (κ2) is 11.0. The van der Waals surface area contributed by atoms with Gasteiger partial charge in [-0.05, 0) is 70.3 Å². The molecular weight excluding hydrogens is 456 g/mol. The van der Waals surface area contributed by atoms with Gasteiger partial charge in [-0.25, -0.2) is 9.78 Å². The van der Waals surface area contributed by atoms with Crippen LogP contribution < -0.4 is 16.0 Å². The Kier molecular flexibility index (Phi) is 7.82. The van der Waals surface area contributed by atoms with Crippen LogP contribution in [0.5, 0.6) is 5.75 Å². The van der Waals surface area contributed by atoms with Gasteiger partial charge in [0.25, 0.3) is 0 Å². The van der Waals surface area contributed by atoms with Crippen LogP contribution in [0.4, 0.5) is 16.6 Å². The molecule has 4 rings (SSSR count). The van der Waals surface area contributed by atoms with Crippen molar-refractivity contribution in [2.24, 2.45) is 17.8 Å². The number of rotatable bonds is 7. The standard InChI is InChI=1S/C27H36N6O3/c1-27(2,3)36-26(35)32-23-18-8-6-9-19(23)12-17(11-18)14-29-24-21(13-28)16-31-25(33-24)30-15-20-7-4-5-10-22(20)34/h4-5,7,10,16-19,23,34H,6,8-9,11-12,14-15H2,1-3H3,(H,32,35)(H2,29,30,31,33)/t17?,18-,19+,23?. The van der Waals surface area contributed by atoms with Gasteiger partial charge in [-0.2, -0.15) is 10.2 Å². The molecule has 2 aliphatic carbocycles. The highest BCUT2D eigenvalue weighted by Gasteiger charge is 2.41. The van der Waals surface area contributed by atoms with E-state index < -0.39 is 5.60 Å². The summed E-state index contributed by atoms with van der Waals surface area (Å²) >= 11 is 0. The summed E-state index contributed by atoms with van der Waals surface area (Å²) in [7, 11) is 0. The molecule has 192 valence electrons. The van der Waals surface area contributed by atoms with Gasteiger partial charge in [-0.15, -0.1) is 0 Å². The zero-order valence-electron chi connectivity index (χ0n) is 21.3. The Bertz CT molecular complexity index is 1100. The number of nitrogens with zero attached hydrogens (tertiary/aromatic N) is 3. The number of carbonyl (C=O) groups is 1. The van der Waals surface area contributed by atoms with Gasteiger partial charge in [0.2, 0.25) is 5.95 Å². The number of phenolic OH excluding ortho intramolecular Hbond substituents is 1. The number of carbonyl (C=O) groups excluding carboxylic acids is 1. The average molecular weight is 493 g/mol. The molecule has 36 heavy (non-hydrogen) atoms. The van der Waals surface area contributed by atoms with E-state index in [0.717, 1.165) is 31.2 Å². The SMILES string of the molecule is CC(C)(C)OC(=O)NC1[C@@H]2CCC[C@H]1CC(CNc1nc(NCc3ccccc3O)ncc1C#N)C2. The summed E-state index contributed by atoms with van der Waals surface area (Å²) in [5, 5.41) is 29.2. The zero-order valence-corrected chi connectivity index (χ0v) is 21.3. The average Bonchev–Trinajstić information content (AvgIpc) is 2.81. The third-order valence-corrected chi connectivity index (χ3v) is 7.02. The Labute approximate surface area is 212 Å². The number of nitriles is 1. The van der Waals surface area contributed by atoms with Gasteiger partial charge >= 0.3 is 6.09 Å². The predicted octanol–water partition coefficient (Wildman–Crippen LogP) is 4.80. The van der Waals surface area contributed by atoms with Gasteiger partial charge in [0.15, 0.2) is 0 Å². The molecule has 4 N–H and O–H groups in total. The van der Waals surface area contributed by atoms with Crippen molar-refractivity contribution in [1.29, 1.82) is 5.26 Å². The van der Waals surface area contributed by atoms with Crippen LogP contribution in [0.2, 0.25) is 0 Å². The van der Waals surface area contributed by atoms with Crippen LogP contribution in [0.25, 0.3) is 0 Å². The fourth-order valence-corrected chi connectivity index (χ4v) is 5.47. The molecule has 0 saturated heterocycles. The number of nitrogens with one attached hydrogen (secondary N) is 3. The molecule has 1 heterocycles. The van der Waals surface area contributed by atoms with E-state index in [0.29, 0.717) is 48.2 Å². The van der Waals surface area contributed by atoms with Gasteiger partial charge in [0.1, 0.15) is 28.8 Å². The maximum Gasteiger partial charge on any atom is 0.407 e. The van der Waals surface area contributed by atoms with Gasteiger partial charge in [0.05, 0.1) is 6.20 Å². The Morgan fingerprint density at radius 3 is 2.58 bits per heavy atom. The van der Waals surface area contributed by atoms with E-state index in [4.69, 9.17) is 4.74 Å². The molecule has 2 unspecified atom stereocenters. The molecule has 2 bridgehead atoms. The molecule has 0 aliphatic heterocycles. The van der Waals surface area contributed by atoms with Gasteiger partial charge in [0, 0.05) is 24.7 Å². The molecule has 2 aliphatic rings. The lowest BCUT2D eigenvalue weighted by Crippen LogP contribution is -2.52. The van der Waals surface area contributed by atoms with E-state index in [2.05, 4.69) is 32.0 Å². The molecular formula is C27H36N6O3. The van der Waals surface area contributed by atoms with Crippen molar-refractivity contribution in [2.45, 2.75) is 71.1 Å². The lowest BCUT2D eigenvalue weighted by molar-refractivity contribution is 0.0324. The first-order valence-electron chi connectivity index (χ1n) is 12.7. The number of hydrogen-bond acceptors (Lipinski definition) is 8. The maximum absolute atomic E-state index is 12.4. The highest BCUT2D eigenvalue weighted by molar-refractivity contribution is 5.68. The Balaban J connectivity index is 1.35. The molecule has 1 aromatic heterocycles. The predicted molar refractivity (Wildman–Crippen MR) is 137 cm³/mol. The second-order valence-corrected chi connectivity index (χ2v) is 10.9.